The maximum atomic E-state index is 13.4. The summed E-state index contributed by atoms with van der Waals surface area (Å²) in [5.41, 5.74) is 0.969. The topological polar surface area (TPSA) is 167 Å². The van der Waals surface area contributed by atoms with E-state index in [4.69, 9.17) is 14.2 Å². The molecule has 44 heavy (non-hydrogen) atoms. The van der Waals surface area contributed by atoms with Crippen LogP contribution in [0, 0.1) is 10.1 Å². The van der Waals surface area contributed by atoms with Crippen molar-refractivity contribution in [1.29, 1.82) is 0 Å². The monoisotopic (exact) mass is 646 g/mol. The van der Waals surface area contributed by atoms with Crippen LogP contribution in [-0.4, -0.2) is 73.0 Å². The fourth-order valence-corrected chi connectivity index (χ4v) is 8.02. The zero-order chi connectivity index (χ0) is 32.1. The lowest BCUT2D eigenvalue weighted by molar-refractivity contribution is -0.384. The number of benzene rings is 2. The van der Waals surface area contributed by atoms with Gasteiger partial charge in [-0.2, -0.15) is 4.31 Å². The number of nitrogens with zero attached hydrogens (tertiary/aromatic N) is 3. The first-order valence-electron chi connectivity index (χ1n) is 13.8. The van der Waals surface area contributed by atoms with E-state index in [0.29, 0.717) is 29.0 Å². The van der Waals surface area contributed by atoms with Crippen LogP contribution in [0.15, 0.2) is 48.5 Å². The van der Waals surface area contributed by atoms with Gasteiger partial charge in [-0.25, -0.2) is 23.0 Å². The number of carbonyl (C=O) groups excluding carboxylic acids is 2. The van der Waals surface area contributed by atoms with Gasteiger partial charge in [-0.1, -0.05) is 24.3 Å². The van der Waals surface area contributed by atoms with Gasteiger partial charge in [0.05, 0.1) is 24.4 Å². The molecule has 1 aliphatic rings. The third kappa shape index (κ3) is 7.89. The number of hydrogen-bond acceptors (Lipinski definition) is 12. The lowest BCUT2D eigenvalue weighted by atomic mass is 9.89. The van der Waals surface area contributed by atoms with Crippen molar-refractivity contribution in [2.24, 2.45) is 0 Å². The molecular formula is C29H34N4O9S2. The number of thiazole rings is 1. The number of esters is 2. The molecule has 3 aromatic rings. The molecule has 13 nitrogen and oxygen atoms in total. The maximum Gasteiger partial charge on any atom is 0.353 e. The van der Waals surface area contributed by atoms with Crippen LogP contribution in [0.25, 0.3) is 10.6 Å². The van der Waals surface area contributed by atoms with Gasteiger partial charge in [0.25, 0.3) is 5.69 Å². The van der Waals surface area contributed by atoms with Gasteiger partial charge in [0.2, 0.25) is 15.9 Å². The van der Waals surface area contributed by atoms with E-state index in [9.17, 15) is 28.1 Å². The van der Waals surface area contributed by atoms with E-state index < -0.39 is 39.0 Å². The predicted octanol–water partition coefficient (Wildman–Crippen LogP) is 4.63. The molecule has 0 spiro atoms. The first kappa shape index (κ1) is 32.8. The van der Waals surface area contributed by atoms with Crippen molar-refractivity contribution in [3.63, 3.8) is 0 Å². The molecule has 1 aromatic heterocycles. The van der Waals surface area contributed by atoms with E-state index in [1.54, 1.807) is 13.0 Å². The van der Waals surface area contributed by atoms with Gasteiger partial charge in [0.1, 0.15) is 5.01 Å². The molecule has 0 radical (unpaired) electrons. The Morgan fingerprint density at radius 1 is 1.20 bits per heavy atom. The number of piperidine rings is 1. The molecule has 2 heterocycles. The molecule has 1 saturated heterocycles. The number of methoxy groups -OCH3 is 1. The number of aromatic nitrogens is 1. The molecule has 1 N–H and O–H groups in total. The van der Waals surface area contributed by atoms with E-state index in [-0.39, 0.29) is 41.4 Å². The fraction of sp³-hybridized carbons (Fsp3) is 0.414. The normalized spacial score (nSPS) is 16.6. The second kappa shape index (κ2) is 13.7. The van der Waals surface area contributed by atoms with Gasteiger partial charge in [-0.15, -0.1) is 11.3 Å². The van der Waals surface area contributed by atoms with Crippen LogP contribution in [0.2, 0.25) is 0 Å². The fourth-order valence-electron chi connectivity index (χ4n) is 5.13. The number of nitro groups is 1. The number of hydrogen-bond donors (Lipinski definition) is 1. The molecule has 236 valence electrons. The van der Waals surface area contributed by atoms with Crippen molar-refractivity contribution in [3.05, 3.63) is 69.1 Å². The number of non-ortho nitro benzene ring substituents is 1. The lowest BCUT2D eigenvalue weighted by Gasteiger charge is -2.45. The zero-order valence-electron chi connectivity index (χ0n) is 24.8. The van der Waals surface area contributed by atoms with Crippen molar-refractivity contribution < 1.29 is 37.1 Å². The van der Waals surface area contributed by atoms with Crippen LogP contribution in [0.3, 0.4) is 0 Å². The summed E-state index contributed by atoms with van der Waals surface area (Å²) in [7, 11) is -2.51. The molecule has 1 atom stereocenters. The standard InChI is InChI=1S/C29H34N4O9S2/c1-5-41-24(34)17-42-26-25(28(35)40-4)43-27(31-26)20-9-7-10-21(15-20)30-22-12-13-32(29(2,3)16-22)44(38,39)18-19-8-6-11-23(14-19)33(36)37/h6-11,14-15,22,30H,5,12-13,16-18H2,1-4H3. The Morgan fingerprint density at radius 2 is 1.95 bits per heavy atom. The van der Waals surface area contributed by atoms with E-state index in [0.717, 1.165) is 17.0 Å². The summed E-state index contributed by atoms with van der Waals surface area (Å²) in [5.74, 6) is -1.58. The summed E-state index contributed by atoms with van der Waals surface area (Å²) >= 11 is 1.07. The Morgan fingerprint density at radius 3 is 2.64 bits per heavy atom. The lowest BCUT2D eigenvalue weighted by Crippen LogP contribution is -2.55. The molecule has 0 bridgehead atoms. The summed E-state index contributed by atoms with van der Waals surface area (Å²) in [5, 5.41) is 15.1. The van der Waals surface area contributed by atoms with Gasteiger partial charge >= 0.3 is 11.9 Å². The van der Waals surface area contributed by atoms with Crippen molar-refractivity contribution in [2.45, 2.75) is 50.9 Å². The van der Waals surface area contributed by atoms with Gasteiger partial charge in [-0.05, 0) is 51.3 Å². The molecule has 1 fully saturated rings. The Kier molecular flexibility index (Phi) is 10.2. The molecular weight excluding hydrogens is 612 g/mol. The largest absolute Gasteiger partial charge is 0.465 e. The van der Waals surface area contributed by atoms with E-state index >= 15 is 0 Å². The number of carbonyl (C=O) groups is 2. The van der Waals surface area contributed by atoms with Crippen LogP contribution < -0.4 is 10.1 Å². The van der Waals surface area contributed by atoms with E-state index in [2.05, 4.69) is 10.3 Å². The van der Waals surface area contributed by atoms with Gasteiger partial charge in [0, 0.05) is 41.5 Å². The second-order valence-corrected chi connectivity index (χ2v) is 13.6. The number of rotatable bonds is 12. The van der Waals surface area contributed by atoms with E-state index in [1.807, 2.05) is 38.1 Å². The second-order valence-electron chi connectivity index (χ2n) is 10.7. The summed E-state index contributed by atoms with van der Waals surface area (Å²) < 4.78 is 43.5. The Bertz CT molecular complexity index is 1640. The number of nitro benzene ring substituents is 1. The molecule has 1 aliphatic heterocycles. The Hall–Kier alpha value is -4.08. The number of nitrogens with one attached hydrogen (secondary N) is 1. The molecule has 2 aromatic carbocycles. The highest BCUT2D eigenvalue weighted by Gasteiger charge is 2.41. The summed E-state index contributed by atoms with van der Waals surface area (Å²) in [6.07, 6.45) is 1.05. The summed E-state index contributed by atoms with van der Waals surface area (Å²) in [6, 6.07) is 13.0. The predicted molar refractivity (Wildman–Crippen MR) is 164 cm³/mol. The number of sulfonamides is 1. The van der Waals surface area contributed by atoms with Crippen molar-refractivity contribution in [1.82, 2.24) is 9.29 Å². The minimum Gasteiger partial charge on any atom is -0.465 e. The third-order valence-electron chi connectivity index (χ3n) is 6.99. The van der Waals surface area contributed by atoms with Crippen LogP contribution in [0.5, 0.6) is 5.88 Å². The highest BCUT2D eigenvalue weighted by molar-refractivity contribution is 7.88. The van der Waals surface area contributed by atoms with Crippen molar-refractivity contribution >= 4 is 44.7 Å². The molecule has 0 saturated carbocycles. The maximum absolute atomic E-state index is 13.4. The van der Waals surface area contributed by atoms with Crippen molar-refractivity contribution in [2.75, 3.05) is 32.2 Å². The zero-order valence-corrected chi connectivity index (χ0v) is 26.4. The van der Waals surface area contributed by atoms with Crippen LogP contribution in [0.1, 0.15) is 48.8 Å². The average molecular weight is 647 g/mol. The SMILES string of the molecule is CCOC(=O)COc1nc(-c2cccc(NC3CCN(S(=O)(=O)Cc4cccc([N+](=O)[O-])c4)C(C)(C)C3)c2)sc1C(=O)OC. The number of ether oxygens (including phenoxy) is 3. The van der Waals surface area contributed by atoms with Gasteiger partial charge < -0.3 is 19.5 Å². The smallest absolute Gasteiger partial charge is 0.353 e. The minimum atomic E-state index is -3.75. The Balaban J connectivity index is 1.46. The molecule has 4 rings (SSSR count). The molecule has 0 aliphatic carbocycles. The number of anilines is 1. The average Bonchev–Trinajstić information content (AvgIpc) is 3.39. The molecule has 15 heteroatoms. The quantitative estimate of drug-likeness (QED) is 0.165. The van der Waals surface area contributed by atoms with Crippen LogP contribution in [-0.2, 0) is 30.0 Å². The van der Waals surface area contributed by atoms with Crippen LogP contribution in [0.4, 0.5) is 11.4 Å². The summed E-state index contributed by atoms with van der Waals surface area (Å²) in [4.78, 5) is 39.2. The van der Waals surface area contributed by atoms with Crippen LogP contribution >= 0.6 is 11.3 Å². The first-order chi connectivity index (χ1) is 20.8. The highest BCUT2D eigenvalue weighted by atomic mass is 32.2. The van der Waals surface area contributed by atoms with Gasteiger partial charge in [-0.3, -0.25) is 10.1 Å². The minimum absolute atomic E-state index is 0.0243. The van der Waals surface area contributed by atoms with Crippen molar-refractivity contribution in [3.8, 4) is 16.5 Å². The van der Waals surface area contributed by atoms with Gasteiger partial charge in [0.15, 0.2) is 11.5 Å². The Labute approximate surface area is 259 Å². The molecule has 0 amide bonds. The third-order valence-corrected chi connectivity index (χ3v) is 10.1. The van der Waals surface area contributed by atoms with E-state index in [1.165, 1.54) is 29.6 Å². The first-order valence-corrected chi connectivity index (χ1v) is 16.2. The highest BCUT2D eigenvalue weighted by Crippen LogP contribution is 2.36. The molecule has 1 unspecified atom stereocenters. The summed E-state index contributed by atoms with van der Waals surface area (Å²) in [6.45, 7) is 5.47.